The van der Waals surface area contributed by atoms with Gasteiger partial charge in [-0.2, -0.15) is 13.2 Å². The van der Waals surface area contributed by atoms with Crippen LogP contribution in [0, 0.1) is 5.92 Å². The lowest BCUT2D eigenvalue weighted by Crippen LogP contribution is -2.50. The summed E-state index contributed by atoms with van der Waals surface area (Å²) < 4.78 is 48.7. The maximum absolute atomic E-state index is 12.9. The first kappa shape index (κ1) is 24.2. The van der Waals surface area contributed by atoms with Crippen LogP contribution in [-0.4, -0.2) is 41.0 Å². The van der Waals surface area contributed by atoms with E-state index in [1.807, 2.05) is 19.1 Å². The van der Waals surface area contributed by atoms with E-state index in [0.29, 0.717) is 19.3 Å². The molecule has 1 N–H and O–H groups in total. The van der Waals surface area contributed by atoms with Gasteiger partial charge < -0.3 is 14.6 Å². The number of hydrogen-bond donors (Lipinski definition) is 1. The maximum Gasteiger partial charge on any atom is 0.490 e. The fourth-order valence-electron chi connectivity index (χ4n) is 3.83. The maximum atomic E-state index is 12.9. The molecule has 1 aliphatic carbocycles. The third kappa shape index (κ3) is 6.20. The van der Waals surface area contributed by atoms with E-state index < -0.39 is 41.8 Å². The minimum absolute atomic E-state index is 0.0172. The molecule has 0 saturated carbocycles. The zero-order valence-electron chi connectivity index (χ0n) is 17.6. The topological polar surface area (TPSA) is 72.8 Å². The first-order chi connectivity index (χ1) is 13.8. The summed E-state index contributed by atoms with van der Waals surface area (Å²) in [6.45, 7) is 8.91. The predicted octanol–water partition coefficient (Wildman–Crippen LogP) is 4.56. The molecule has 2 aliphatic rings. The van der Waals surface area contributed by atoms with Crippen LogP contribution < -0.4 is 0 Å². The number of ether oxygens (including phenoxy) is 2. The molecule has 1 aliphatic heterocycles. The van der Waals surface area contributed by atoms with Crippen LogP contribution >= 0.6 is 0 Å². The van der Waals surface area contributed by atoms with Crippen LogP contribution in [0.1, 0.15) is 59.3 Å². The average molecular weight is 430 g/mol. The molecule has 2 bridgehead atoms. The van der Waals surface area contributed by atoms with Gasteiger partial charge in [-0.3, -0.25) is 0 Å². The number of fused-ring (bicyclic) bond motifs is 2. The Hall–Kier alpha value is -2.09. The Kier molecular flexibility index (Phi) is 7.55. The third-order valence-electron chi connectivity index (χ3n) is 5.76. The fourth-order valence-corrected chi connectivity index (χ4v) is 3.83. The number of allylic oxidation sites excluding steroid dienone is 3. The first-order valence-corrected chi connectivity index (χ1v) is 10.0. The number of aliphatic hydroxyl groups is 1. The van der Waals surface area contributed by atoms with Crippen LogP contribution in [0.2, 0.25) is 0 Å². The van der Waals surface area contributed by atoms with Crippen LogP contribution in [0.3, 0.4) is 0 Å². The van der Waals surface area contributed by atoms with Crippen LogP contribution in [0.4, 0.5) is 13.2 Å². The lowest BCUT2D eigenvalue weighted by atomic mass is 9.78. The zero-order valence-corrected chi connectivity index (χ0v) is 17.6. The van der Waals surface area contributed by atoms with Gasteiger partial charge in [0.25, 0.3) is 0 Å². The van der Waals surface area contributed by atoms with E-state index in [0.717, 1.165) is 17.6 Å². The van der Waals surface area contributed by atoms with Gasteiger partial charge in [0.15, 0.2) is 0 Å². The molecule has 2 rings (SSSR count). The lowest BCUT2D eigenvalue weighted by Gasteiger charge is -2.41. The average Bonchev–Trinajstić information content (AvgIpc) is 2.61. The van der Waals surface area contributed by atoms with Gasteiger partial charge in [-0.05, 0) is 52.9 Å². The van der Waals surface area contributed by atoms with E-state index in [1.54, 1.807) is 6.92 Å². The summed E-state index contributed by atoms with van der Waals surface area (Å²) in [4.78, 5) is 23.9. The number of carbonyl (C=O) groups excluding carboxylic acids is 2. The van der Waals surface area contributed by atoms with Crippen molar-refractivity contribution in [1.82, 2.24) is 0 Å². The SMILES string of the molecule is C=C1C(=O)OC2CC1C(OC(=O)C(F)(F)F)CC(C)=CCCC(C)=CCCC2(C)O. The van der Waals surface area contributed by atoms with E-state index in [2.05, 4.69) is 6.58 Å². The molecule has 0 amide bonds. The van der Waals surface area contributed by atoms with Crippen molar-refractivity contribution in [2.75, 3.05) is 0 Å². The van der Waals surface area contributed by atoms with E-state index in [9.17, 15) is 27.9 Å². The summed E-state index contributed by atoms with van der Waals surface area (Å²) in [6.07, 6.45) is -1.06. The van der Waals surface area contributed by atoms with E-state index in [1.165, 1.54) is 6.92 Å². The second kappa shape index (κ2) is 9.37. The fraction of sp³-hybridized carbons (Fsp3) is 0.636. The molecule has 1 heterocycles. The molecule has 4 unspecified atom stereocenters. The van der Waals surface area contributed by atoms with E-state index >= 15 is 0 Å². The van der Waals surface area contributed by atoms with Crippen molar-refractivity contribution < 1.29 is 37.3 Å². The Balaban J connectivity index is 2.42. The lowest BCUT2D eigenvalue weighted by molar-refractivity contribution is -0.209. The van der Waals surface area contributed by atoms with Crippen molar-refractivity contribution in [2.24, 2.45) is 5.92 Å². The molecule has 168 valence electrons. The molecule has 0 spiro atoms. The van der Waals surface area contributed by atoms with Crippen molar-refractivity contribution in [2.45, 2.75) is 83.3 Å². The molecular weight excluding hydrogens is 401 g/mol. The van der Waals surface area contributed by atoms with Crippen molar-refractivity contribution in [3.63, 3.8) is 0 Å². The second-order valence-electron chi connectivity index (χ2n) is 8.44. The van der Waals surface area contributed by atoms with Gasteiger partial charge in [-0.15, -0.1) is 0 Å². The summed E-state index contributed by atoms with van der Waals surface area (Å²) in [5.41, 5.74) is 0.422. The quantitative estimate of drug-likeness (QED) is 0.375. The Morgan fingerprint density at radius 3 is 2.53 bits per heavy atom. The smallest absolute Gasteiger partial charge is 0.456 e. The highest BCUT2D eigenvalue weighted by atomic mass is 19.4. The Morgan fingerprint density at radius 1 is 1.27 bits per heavy atom. The van der Waals surface area contributed by atoms with Crippen molar-refractivity contribution >= 4 is 11.9 Å². The molecule has 8 heteroatoms. The molecule has 0 aromatic carbocycles. The molecular formula is C22H29F3O5. The number of hydrogen-bond acceptors (Lipinski definition) is 5. The molecule has 30 heavy (non-hydrogen) atoms. The van der Waals surface area contributed by atoms with Gasteiger partial charge in [0, 0.05) is 17.9 Å². The van der Waals surface area contributed by atoms with Gasteiger partial charge in [0.05, 0.1) is 5.60 Å². The van der Waals surface area contributed by atoms with E-state index in [-0.39, 0.29) is 18.4 Å². The highest BCUT2D eigenvalue weighted by Gasteiger charge is 2.48. The Bertz CT molecular complexity index is 748. The van der Waals surface area contributed by atoms with Crippen molar-refractivity contribution in [1.29, 1.82) is 0 Å². The molecule has 0 radical (unpaired) electrons. The van der Waals surface area contributed by atoms with Crippen LogP contribution in [0.15, 0.2) is 35.5 Å². The monoisotopic (exact) mass is 430 g/mol. The summed E-state index contributed by atoms with van der Waals surface area (Å²) in [6, 6.07) is 0. The zero-order chi connectivity index (χ0) is 22.7. The van der Waals surface area contributed by atoms with Gasteiger partial charge >= 0.3 is 18.1 Å². The number of alkyl halides is 3. The molecule has 1 saturated heterocycles. The van der Waals surface area contributed by atoms with Gasteiger partial charge in [0.1, 0.15) is 12.2 Å². The highest BCUT2D eigenvalue weighted by molar-refractivity contribution is 5.89. The number of rotatable bonds is 1. The van der Waals surface area contributed by atoms with Crippen LogP contribution in [0.5, 0.6) is 0 Å². The molecule has 5 nitrogen and oxygen atoms in total. The first-order valence-electron chi connectivity index (χ1n) is 10.0. The van der Waals surface area contributed by atoms with Gasteiger partial charge in [-0.1, -0.05) is 29.9 Å². The predicted molar refractivity (Wildman–Crippen MR) is 104 cm³/mol. The standard InChI is InChI=1S/C22H29F3O5/c1-13-7-5-8-14(2)11-17(29-20(27)22(23,24)25)16-12-18(30-19(26)15(16)3)21(4,28)10-6-9-13/h8-9,16-18,28H,3,5-7,10-12H2,1-2,4H3. The Labute approximate surface area is 174 Å². The number of esters is 2. The Morgan fingerprint density at radius 2 is 1.90 bits per heavy atom. The number of halogens is 3. The van der Waals surface area contributed by atoms with Gasteiger partial charge in [-0.25, -0.2) is 9.59 Å². The largest absolute Gasteiger partial charge is 0.490 e. The molecule has 0 aromatic rings. The summed E-state index contributed by atoms with van der Waals surface area (Å²) >= 11 is 0. The highest BCUT2D eigenvalue weighted by Crippen LogP contribution is 2.38. The summed E-state index contributed by atoms with van der Waals surface area (Å²) in [5.74, 6) is -4.00. The minimum atomic E-state index is -5.15. The van der Waals surface area contributed by atoms with Crippen LogP contribution in [-0.2, 0) is 19.1 Å². The summed E-state index contributed by atoms with van der Waals surface area (Å²) in [7, 11) is 0. The van der Waals surface area contributed by atoms with E-state index in [4.69, 9.17) is 9.47 Å². The van der Waals surface area contributed by atoms with Gasteiger partial charge in [0.2, 0.25) is 0 Å². The molecule has 4 atom stereocenters. The molecule has 1 fully saturated rings. The normalized spacial score (nSPS) is 31.8. The summed E-state index contributed by atoms with van der Waals surface area (Å²) in [5, 5.41) is 10.9. The van der Waals surface area contributed by atoms with Crippen molar-refractivity contribution in [3.8, 4) is 0 Å². The minimum Gasteiger partial charge on any atom is -0.456 e. The number of carbonyl (C=O) groups is 2. The van der Waals surface area contributed by atoms with Crippen LogP contribution in [0.25, 0.3) is 0 Å². The molecule has 0 aromatic heterocycles. The van der Waals surface area contributed by atoms with Crippen molar-refractivity contribution in [3.05, 3.63) is 35.5 Å². The third-order valence-corrected chi connectivity index (χ3v) is 5.76. The second-order valence-corrected chi connectivity index (χ2v) is 8.44.